The van der Waals surface area contributed by atoms with Crippen molar-refractivity contribution < 1.29 is 18.5 Å². The van der Waals surface area contributed by atoms with Gasteiger partial charge in [-0.2, -0.15) is 4.57 Å². The van der Waals surface area contributed by atoms with Crippen LogP contribution in [0.25, 0.3) is 11.1 Å². The van der Waals surface area contributed by atoms with E-state index in [1.54, 1.807) is 10.8 Å². The minimum atomic E-state index is -0.379. The third-order valence-electron chi connectivity index (χ3n) is 3.87. The molecule has 0 atom stereocenters. The summed E-state index contributed by atoms with van der Waals surface area (Å²) in [7, 11) is 0. The zero-order chi connectivity index (χ0) is 19.1. The number of benzene rings is 2. The van der Waals surface area contributed by atoms with Gasteiger partial charge in [-0.1, -0.05) is 30.3 Å². The maximum absolute atomic E-state index is 12.8. The Morgan fingerprint density at radius 1 is 0.852 bits per heavy atom. The SMILES string of the molecule is O=C(C[n+]1cccc(-c2ccccc2)c1)NCC(=O)Nc1ccc(F)cc1. The average Bonchev–Trinajstić information content (AvgIpc) is 2.69. The Morgan fingerprint density at radius 2 is 1.56 bits per heavy atom. The lowest BCUT2D eigenvalue weighted by Crippen LogP contribution is -2.44. The van der Waals surface area contributed by atoms with Gasteiger partial charge in [-0.3, -0.25) is 9.59 Å². The summed E-state index contributed by atoms with van der Waals surface area (Å²) in [6.07, 6.45) is 3.68. The van der Waals surface area contributed by atoms with Crippen LogP contribution < -0.4 is 15.2 Å². The first-order valence-corrected chi connectivity index (χ1v) is 8.47. The zero-order valence-corrected chi connectivity index (χ0v) is 14.6. The number of nitrogens with one attached hydrogen (secondary N) is 2. The van der Waals surface area contributed by atoms with Crippen LogP contribution in [-0.4, -0.2) is 18.4 Å². The predicted octanol–water partition coefficient (Wildman–Crippen LogP) is 2.54. The van der Waals surface area contributed by atoms with E-state index in [2.05, 4.69) is 10.6 Å². The number of anilines is 1. The highest BCUT2D eigenvalue weighted by Gasteiger charge is 2.12. The summed E-state index contributed by atoms with van der Waals surface area (Å²) in [6.45, 7) is -0.0559. The molecule has 27 heavy (non-hydrogen) atoms. The van der Waals surface area contributed by atoms with E-state index < -0.39 is 0 Å². The topological polar surface area (TPSA) is 62.1 Å². The van der Waals surface area contributed by atoms with E-state index in [0.717, 1.165) is 11.1 Å². The van der Waals surface area contributed by atoms with Crippen LogP contribution in [0, 0.1) is 5.82 Å². The van der Waals surface area contributed by atoms with Gasteiger partial charge in [0, 0.05) is 17.3 Å². The molecule has 6 heteroatoms. The molecule has 1 heterocycles. The van der Waals surface area contributed by atoms with Crippen LogP contribution in [0.2, 0.25) is 0 Å². The molecular formula is C21H19FN3O2+. The van der Waals surface area contributed by atoms with Gasteiger partial charge in [0.2, 0.25) is 12.5 Å². The molecule has 0 radical (unpaired) electrons. The summed E-state index contributed by atoms with van der Waals surface area (Å²) >= 11 is 0. The molecule has 3 aromatic rings. The molecule has 2 amide bonds. The van der Waals surface area contributed by atoms with Crippen LogP contribution in [0.5, 0.6) is 0 Å². The molecule has 5 nitrogen and oxygen atoms in total. The monoisotopic (exact) mass is 364 g/mol. The molecule has 1 aromatic heterocycles. The third kappa shape index (κ3) is 5.47. The molecule has 0 bridgehead atoms. The van der Waals surface area contributed by atoms with Crippen LogP contribution in [0.4, 0.5) is 10.1 Å². The van der Waals surface area contributed by atoms with Crippen molar-refractivity contribution in [1.82, 2.24) is 5.32 Å². The zero-order valence-electron chi connectivity index (χ0n) is 14.6. The third-order valence-corrected chi connectivity index (χ3v) is 3.87. The van der Waals surface area contributed by atoms with Crippen LogP contribution >= 0.6 is 0 Å². The maximum atomic E-state index is 12.8. The smallest absolute Gasteiger partial charge is 0.286 e. The van der Waals surface area contributed by atoms with Gasteiger partial charge in [-0.15, -0.1) is 0 Å². The van der Waals surface area contributed by atoms with Crippen molar-refractivity contribution in [2.75, 3.05) is 11.9 Å². The van der Waals surface area contributed by atoms with Gasteiger partial charge in [0.15, 0.2) is 12.4 Å². The Hall–Kier alpha value is -3.54. The van der Waals surface area contributed by atoms with Gasteiger partial charge in [-0.25, -0.2) is 4.39 Å². The average molecular weight is 364 g/mol. The molecule has 0 fully saturated rings. The van der Waals surface area contributed by atoms with Crippen LogP contribution in [0.15, 0.2) is 79.1 Å². The van der Waals surface area contributed by atoms with E-state index in [0.29, 0.717) is 5.69 Å². The molecule has 136 valence electrons. The highest BCUT2D eigenvalue weighted by Crippen LogP contribution is 2.15. The minimum Gasteiger partial charge on any atom is -0.342 e. The molecule has 2 N–H and O–H groups in total. The normalized spacial score (nSPS) is 10.3. The minimum absolute atomic E-state index is 0.102. The first-order chi connectivity index (χ1) is 13.1. The molecule has 0 saturated heterocycles. The number of rotatable bonds is 6. The second-order valence-electron chi connectivity index (χ2n) is 5.96. The van der Waals surface area contributed by atoms with Crippen molar-refractivity contribution in [2.24, 2.45) is 0 Å². The molecule has 0 spiro atoms. The second kappa shape index (κ2) is 8.71. The lowest BCUT2D eigenvalue weighted by Gasteiger charge is -2.06. The Kier molecular flexibility index (Phi) is 5.89. The fraction of sp³-hybridized carbons (Fsp3) is 0.0952. The van der Waals surface area contributed by atoms with Crippen molar-refractivity contribution in [3.8, 4) is 11.1 Å². The summed E-state index contributed by atoms with van der Waals surface area (Å²) in [5, 5.41) is 5.17. The maximum Gasteiger partial charge on any atom is 0.286 e. The molecule has 3 rings (SSSR count). The standard InChI is InChI=1S/C21H18FN3O2/c22-18-8-10-19(11-9-18)24-20(26)13-23-21(27)15-25-12-4-7-17(14-25)16-5-2-1-3-6-16/h1-12,14H,13,15H2,(H-,23,24,26,27)/p+1. The summed E-state index contributed by atoms with van der Waals surface area (Å²) in [5.41, 5.74) is 2.53. The van der Waals surface area contributed by atoms with Gasteiger partial charge in [-0.05, 0) is 35.9 Å². The van der Waals surface area contributed by atoms with Crippen molar-refractivity contribution in [1.29, 1.82) is 0 Å². The number of hydrogen-bond donors (Lipinski definition) is 2. The highest BCUT2D eigenvalue weighted by atomic mass is 19.1. The fourth-order valence-electron chi connectivity index (χ4n) is 2.56. The molecule has 0 aliphatic heterocycles. The number of carbonyl (C=O) groups is 2. The van der Waals surface area contributed by atoms with Crippen molar-refractivity contribution in [3.05, 3.63) is 84.9 Å². The Balaban J connectivity index is 1.52. The van der Waals surface area contributed by atoms with Gasteiger partial charge in [0.1, 0.15) is 5.82 Å². The number of nitrogens with zero attached hydrogens (tertiary/aromatic N) is 1. The molecule has 0 unspecified atom stereocenters. The number of aromatic nitrogens is 1. The van der Waals surface area contributed by atoms with Gasteiger partial charge >= 0.3 is 0 Å². The highest BCUT2D eigenvalue weighted by molar-refractivity contribution is 5.94. The lowest BCUT2D eigenvalue weighted by molar-refractivity contribution is -0.684. The number of halogens is 1. The first kappa shape index (κ1) is 18.3. The Bertz CT molecular complexity index is 928. The quantitative estimate of drug-likeness (QED) is 0.661. The van der Waals surface area contributed by atoms with Crippen molar-refractivity contribution >= 4 is 17.5 Å². The summed E-state index contributed by atoms with van der Waals surface area (Å²) in [6, 6.07) is 19.1. The molecule has 0 saturated carbocycles. The summed E-state index contributed by atoms with van der Waals surface area (Å²) < 4.78 is 14.6. The molecule has 0 aliphatic rings. The van der Waals surface area contributed by atoms with Gasteiger partial charge in [0.25, 0.3) is 5.91 Å². The van der Waals surface area contributed by atoms with E-state index in [9.17, 15) is 14.0 Å². The van der Waals surface area contributed by atoms with Gasteiger partial charge < -0.3 is 10.6 Å². The van der Waals surface area contributed by atoms with Crippen molar-refractivity contribution in [3.63, 3.8) is 0 Å². The first-order valence-electron chi connectivity index (χ1n) is 8.47. The molecule has 2 aromatic carbocycles. The summed E-state index contributed by atoms with van der Waals surface area (Å²) in [4.78, 5) is 24.0. The second-order valence-corrected chi connectivity index (χ2v) is 5.96. The number of carbonyl (C=O) groups excluding carboxylic acids is 2. The number of amides is 2. The van der Waals surface area contributed by atoms with E-state index in [1.807, 2.05) is 48.7 Å². The lowest BCUT2D eigenvalue weighted by atomic mass is 10.1. The van der Waals surface area contributed by atoms with E-state index >= 15 is 0 Å². The van der Waals surface area contributed by atoms with Crippen LogP contribution in [0.3, 0.4) is 0 Å². The number of pyridine rings is 1. The number of hydrogen-bond acceptors (Lipinski definition) is 2. The molecular weight excluding hydrogens is 345 g/mol. The Morgan fingerprint density at radius 3 is 2.30 bits per heavy atom. The van der Waals surface area contributed by atoms with E-state index in [1.165, 1.54) is 24.3 Å². The van der Waals surface area contributed by atoms with E-state index in [4.69, 9.17) is 0 Å². The van der Waals surface area contributed by atoms with E-state index in [-0.39, 0.29) is 30.7 Å². The van der Waals surface area contributed by atoms with Gasteiger partial charge in [0.05, 0.1) is 6.54 Å². The van der Waals surface area contributed by atoms with Crippen molar-refractivity contribution in [2.45, 2.75) is 6.54 Å². The fourth-order valence-corrected chi connectivity index (χ4v) is 2.56. The predicted molar refractivity (Wildman–Crippen MR) is 100 cm³/mol. The summed E-state index contributed by atoms with van der Waals surface area (Å²) in [5.74, 6) is -1.03. The van der Waals surface area contributed by atoms with Crippen LogP contribution in [-0.2, 0) is 16.1 Å². The van der Waals surface area contributed by atoms with Crippen LogP contribution in [0.1, 0.15) is 0 Å². The molecule has 0 aliphatic carbocycles. The largest absolute Gasteiger partial charge is 0.342 e. The Labute approximate surface area is 156 Å².